The van der Waals surface area contributed by atoms with Crippen LogP contribution in [-0.4, -0.2) is 18.4 Å². The second kappa shape index (κ2) is 8.25. The van der Waals surface area contributed by atoms with Gasteiger partial charge >= 0.3 is 0 Å². The zero-order valence-electron chi connectivity index (χ0n) is 16.1. The number of benzene rings is 2. The molecule has 1 heterocycles. The quantitative estimate of drug-likeness (QED) is 0.835. The minimum atomic E-state index is -0.183. The van der Waals surface area contributed by atoms with Gasteiger partial charge in [-0.2, -0.15) is 0 Å². The lowest BCUT2D eigenvalue weighted by Gasteiger charge is -2.19. The molecule has 0 bridgehead atoms. The molecular weight excluding hydrogens is 340 g/mol. The van der Waals surface area contributed by atoms with E-state index >= 15 is 0 Å². The predicted molar refractivity (Wildman–Crippen MR) is 106 cm³/mol. The Hall–Kier alpha value is -2.82. The number of aryl methyl sites for hydroxylation is 2. The van der Waals surface area contributed by atoms with Gasteiger partial charge in [-0.05, 0) is 63.4 Å². The van der Waals surface area contributed by atoms with Gasteiger partial charge in [-0.3, -0.25) is 9.59 Å². The van der Waals surface area contributed by atoms with E-state index in [1.807, 2.05) is 51.1 Å². The van der Waals surface area contributed by atoms with Gasteiger partial charge in [0.25, 0.3) is 5.91 Å². The summed E-state index contributed by atoms with van der Waals surface area (Å²) in [7, 11) is 0. The molecule has 2 N–H and O–H groups in total. The van der Waals surface area contributed by atoms with Crippen molar-refractivity contribution >= 4 is 17.5 Å². The van der Waals surface area contributed by atoms with Crippen LogP contribution in [0.25, 0.3) is 0 Å². The first-order valence-electron chi connectivity index (χ1n) is 9.45. The Morgan fingerprint density at radius 2 is 2.04 bits per heavy atom. The van der Waals surface area contributed by atoms with Crippen LogP contribution >= 0.6 is 0 Å². The highest BCUT2D eigenvalue weighted by Crippen LogP contribution is 2.27. The summed E-state index contributed by atoms with van der Waals surface area (Å²) in [5.41, 5.74) is 4.50. The van der Waals surface area contributed by atoms with Gasteiger partial charge in [0, 0.05) is 23.2 Å². The van der Waals surface area contributed by atoms with Crippen molar-refractivity contribution < 1.29 is 14.3 Å². The van der Waals surface area contributed by atoms with Crippen molar-refractivity contribution in [2.75, 3.05) is 11.9 Å². The minimum absolute atomic E-state index is 0.0301. The maximum Gasteiger partial charge on any atom is 0.251 e. The Morgan fingerprint density at radius 3 is 2.81 bits per heavy atom. The average molecular weight is 366 g/mol. The van der Waals surface area contributed by atoms with E-state index in [0.717, 1.165) is 41.0 Å². The number of hydrogen-bond donors (Lipinski definition) is 2. The summed E-state index contributed by atoms with van der Waals surface area (Å²) in [5, 5.41) is 5.96. The highest BCUT2D eigenvalue weighted by atomic mass is 16.5. The van der Waals surface area contributed by atoms with Gasteiger partial charge in [0.1, 0.15) is 5.75 Å². The molecule has 3 rings (SSSR count). The molecule has 1 aliphatic rings. The number of ether oxygens (including phenoxy) is 1. The van der Waals surface area contributed by atoms with E-state index < -0.39 is 0 Å². The third kappa shape index (κ3) is 4.48. The molecule has 0 fully saturated rings. The fraction of sp³-hybridized carbons (Fsp3) is 0.364. The largest absolute Gasteiger partial charge is 0.494 e. The topological polar surface area (TPSA) is 67.4 Å². The molecular formula is C22H26N2O3. The van der Waals surface area contributed by atoms with E-state index in [9.17, 15) is 9.59 Å². The van der Waals surface area contributed by atoms with Crippen LogP contribution in [0.4, 0.5) is 5.69 Å². The SMILES string of the molecule is CCOc1ccc(C)cc1C(C)NC(=O)c1ccc2c(c1)CCCC(=O)N2. The van der Waals surface area contributed by atoms with Crippen LogP contribution in [0, 0.1) is 6.92 Å². The summed E-state index contributed by atoms with van der Waals surface area (Å²) in [6, 6.07) is 11.3. The molecule has 2 aromatic carbocycles. The van der Waals surface area contributed by atoms with Crippen molar-refractivity contribution in [3.05, 3.63) is 58.7 Å². The molecule has 1 unspecified atom stereocenters. The van der Waals surface area contributed by atoms with E-state index in [1.54, 1.807) is 6.07 Å². The van der Waals surface area contributed by atoms with Gasteiger partial charge in [0.2, 0.25) is 5.91 Å². The molecule has 1 atom stereocenters. The van der Waals surface area contributed by atoms with Crippen LogP contribution in [-0.2, 0) is 11.2 Å². The Kier molecular flexibility index (Phi) is 5.79. The number of carbonyl (C=O) groups excluding carboxylic acids is 2. The molecule has 142 valence electrons. The van der Waals surface area contributed by atoms with Crippen molar-refractivity contribution in [1.29, 1.82) is 0 Å². The fourth-order valence-corrected chi connectivity index (χ4v) is 3.37. The van der Waals surface area contributed by atoms with Gasteiger partial charge in [-0.1, -0.05) is 17.7 Å². The van der Waals surface area contributed by atoms with Gasteiger partial charge in [0.05, 0.1) is 12.6 Å². The van der Waals surface area contributed by atoms with Crippen LogP contribution in [0.3, 0.4) is 0 Å². The van der Waals surface area contributed by atoms with Crippen molar-refractivity contribution in [3.63, 3.8) is 0 Å². The van der Waals surface area contributed by atoms with Crippen LogP contribution in [0.15, 0.2) is 36.4 Å². The smallest absolute Gasteiger partial charge is 0.251 e. The van der Waals surface area contributed by atoms with Crippen molar-refractivity contribution in [3.8, 4) is 5.75 Å². The first kappa shape index (κ1) is 19.0. The number of rotatable bonds is 5. The monoisotopic (exact) mass is 366 g/mol. The zero-order chi connectivity index (χ0) is 19.4. The Labute approximate surface area is 160 Å². The Morgan fingerprint density at radius 1 is 1.22 bits per heavy atom. The van der Waals surface area contributed by atoms with Crippen LogP contribution in [0.5, 0.6) is 5.75 Å². The predicted octanol–water partition coefficient (Wildman–Crippen LogP) is 4.16. The van der Waals surface area contributed by atoms with Crippen LogP contribution in [0.1, 0.15) is 59.8 Å². The molecule has 0 aliphatic carbocycles. The Bertz CT molecular complexity index is 861. The van der Waals surface area contributed by atoms with Crippen molar-refractivity contribution in [2.24, 2.45) is 0 Å². The van der Waals surface area contributed by atoms with Gasteiger partial charge in [-0.15, -0.1) is 0 Å². The molecule has 0 saturated heterocycles. The lowest BCUT2D eigenvalue weighted by molar-refractivity contribution is -0.116. The highest BCUT2D eigenvalue weighted by molar-refractivity contribution is 5.97. The van der Waals surface area contributed by atoms with E-state index in [4.69, 9.17) is 4.74 Å². The third-order valence-electron chi connectivity index (χ3n) is 4.77. The average Bonchev–Trinajstić information content (AvgIpc) is 2.83. The van der Waals surface area contributed by atoms with E-state index in [1.165, 1.54) is 0 Å². The number of anilines is 1. The summed E-state index contributed by atoms with van der Waals surface area (Å²) >= 11 is 0. The van der Waals surface area contributed by atoms with Crippen LogP contribution < -0.4 is 15.4 Å². The third-order valence-corrected chi connectivity index (χ3v) is 4.77. The second-order valence-electron chi connectivity index (χ2n) is 6.94. The maximum absolute atomic E-state index is 12.8. The van der Waals surface area contributed by atoms with Crippen LogP contribution in [0.2, 0.25) is 0 Å². The second-order valence-corrected chi connectivity index (χ2v) is 6.94. The number of amides is 2. The van der Waals surface area contributed by atoms with Crippen molar-refractivity contribution in [1.82, 2.24) is 5.32 Å². The number of hydrogen-bond acceptors (Lipinski definition) is 3. The summed E-state index contributed by atoms with van der Waals surface area (Å²) in [5.74, 6) is 0.688. The lowest BCUT2D eigenvalue weighted by atomic mass is 10.0. The summed E-state index contributed by atoms with van der Waals surface area (Å²) < 4.78 is 5.71. The van der Waals surface area contributed by atoms with E-state index in [-0.39, 0.29) is 17.9 Å². The number of nitrogens with one attached hydrogen (secondary N) is 2. The molecule has 0 aromatic heterocycles. The minimum Gasteiger partial charge on any atom is -0.494 e. The van der Waals surface area contributed by atoms with Crippen molar-refractivity contribution in [2.45, 2.75) is 46.1 Å². The summed E-state index contributed by atoms with van der Waals surface area (Å²) in [4.78, 5) is 24.5. The Balaban J connectivity index is 1.78. The van der Waals surface area contributed by atoms with E-state index in [2.05, 4.69) is 10.6 Å². The first-order valence-corrected chi connectivity index (χ1v) is 9.45. The van der Waals surface area contributed by atoms with Gasteiger partial charge < -0.3 is 15.4 Å². The normalized spacial score (nSPS) is 14.6. The van der Waals surface area contributed by atoms with Gasteiger partial charge in [0.15, 0.2) is 0 Å². The summed E-state index contributed by atoms with van der Waals surface area (Å²) in [6.45, 7) is 6.50. The number of fused-ring (bicyclic) bond motifs is 1. The maximum atomic E-state index is 12.8. The zero-order valence-corrected chi connectivity index (χ0v) is 16.1. The highest BCUT2D eigenvalue weighted by Gasteiger charge is 2.18. The molecule has 1 aliphatic heterocycles. The molecule has 0 saturated carbocycles. The lowest BCUT2D eigenvalue weighted by Crippen LogP contribution is -2.27. The molecule has 2 amide bonds. The molecule has 27 heavy (non-hydrogen) atoms. The first-order chi connectivity index (χ1) is 13.0. The molecule has 0 spiro atoms. The van der Waals surface area contributed by atoms with Gasteiger partial charge in [-0.25, -0.2) is 0 Å². The molecule has 5 heteroatoms. The number of carbonyl (C=O) groups is 2. The standard InChI is InChI=1S/C22H26N2O3/c1-4-27-20-11-8-14(2)12-18(20)15(3)23-22(26)17-9-10-19-16(13-17)6-5-7-21(25)24-19/h8-13,15H,4-7H2,1-3H3,(H,23,26)(H,24,25). The fourth-order valence-electron chi connectivity index (χ4n) is 3.37. The molecule has 2 aromatic rings. The van der Waals surface area contributed by atoms with E-state index in [0.29, 0.717) is 18.6 Å². The summed E-state index contributed by atoms with van der Waals surface area (Å²) in [6.07, 6.45) is 2.10. The molecule has 5 nitrogen and oxygen atoms in total. The molecule has 0 radical (unpaired) electrons.